The molecule has 4 rings (SSSR count). The maximum atomic E-state index is 13.1. The van der Waals surface area contributed by atoms with Crippen LogP contribution in [0.15, 0.2) is 46.3 Å². The summed E-state index contributed by atoms with van der Waals surface area (Å²) in [6.45, 7) is 2.93. The number of anilines is 1. The summed E-state index contributed by atoms with van der Waals surface area (Å²) in [5, 5.41) is 5.92. The lowest BCUT2D eigenvalue weighted by Gasteiger charge is -2.28. The van der Waals surface area contributed by atoms with Crippen LogP contribution in [0.3, 0.4) is 0 Å². The van der Waals surface area contributed by atoms with Gasteiger partial charge in [-0.2, -0.15) is 4.98 Å². The molecule has 1 aliphatic rings. The van der Waals surface area contributed by atoms with Gasteiger partial charge in [-0.05, 0) is 49.4 Å². The molecule has 2 aromatic heterocycles. The van der Waals surface area contributed by atoms with Crippen LogP contribution in [0.5, 0.6) is 0 Å². The first-order valence-corrected chi connectivity index (χ1v) is 12.2. The fraction of sp³-hybridized carbons (Fsp3) is 0.350. The van der Waals surface area contributed by atoms with Gasteiger partial charge < -0.3 is 9.42 Å². The van der Waals surface area contributed by atoms with E-state index in [1.165, 1.54) is 15.6 Å². The zero-order valence-electron chi connectivity index (χ0n) is 16.5. The summed E-state index contributed by atoms with van der Waals surface area (Å²) in [6, 6.07) is 10.6. The van der Waals surface area contributed by atoms with Crippen molar-refractivity contribution in [2.24, 2.45) is 0 Å². The first kappa shape index (κ1) is 20.5. The van der Waals surface area contributed by atoms with Gasteiger partial charge in [-0.15, -0.1) is 11.3 Å². The van der Waals surface area contributed by atoms with E-state index in [1.54, 1.807) is 29.2 Å². The molecule has 1 aromatic carbocycles. The highest BCUT2D eigenvalue weighted by atomic mass is 32.2. The molecule has 0 N–H and O–H groups in total. The molecule has 0 spiro atoms. The monoisotopic (exact) mass is 446 g/mol. The Morgan fingerprint density at radius 3 is 2.87 bits per heavy atom. The van der Waals surface area contributed by atoms with Crippen LogP contribution in [0.25, 0.3) is 10.7 Å². The molecule has 1 amide bonds. The van der Waals surface area contributed by atoms with Gasteiger partial charge in [-0.3, -0.25) is 9.10 Å². The zero-order chi connectivity index (χ0) is 21.1. The summed E-state index contributed by atoms with van der Waals surface area (Å²) in [6.07, 6.45) is 1.47. The minimum absolute atomic E-state index is 0.135. The maximum absolute atomic E-state index is 13.1. The van der Waals surface area contributed by atoms with Crippen molar-refractivity contribution in [2.75, 3.05) is 23.1 Å². The summed E-state index contributed by atoms with van der Waals surface area (Å²) in [4.78, 5) is 20.0. The summed E-state index contributed by atoms with van der Waals surface area (Å²) < 4.78 is 31.5. The number of sulfonamides is 1. The van der Waals surface area contributed by atoms with Gasteiger partial charge in [0.2, 0.25) is 21.7 Å². The molecule has 3 heterocycles. The summed E-state index contributed by atoms with van der Waals surface area (Å²) in [5.74, 6) is 0.768. The molecule has 0 unspecified atom stereocenters. The molecule has 1 saturated heterocycles. The van der Waals surface area contributed by atoms with Crippen molar-refractivity contribution in [2.45, 2.75) is 26.3 Å². The van der Waals surface area contributed by atoms with Gasteiger partial charge in [-0.1, -0.05) is 17.3 Å². The average Bonchev–Trinajstić information content (AvgIpc) is 3.43. The average molecular weight is 447 g/mol. The second kappa shape index (κ2) is 8.57. The van der Waals surface area contributed by atoms with Crippen molar-refractivity contribution in [1.29, 1.82) is 0 Å². The lowest BCUT2D eigenvalue weighted by molar-refractivity contribution is 0.0734. The van der Waals surface area contributed by atoms with Crippen LogP contribution in [0.2, 0.25) is 0 Å². The lowest BCUT2D eigenvalue weighted by atomic mass is 10.1. The first-order chi connectivity index (χ1) is 14.5. The van der Waals surface area contributed by atoms with E-state index in [0.717, 1.165) is 11.3 Å². The number of amides is 1. The van der Waals surface area contributed by atoms with E-state index in [9.17, 15) is 13.2 Å². The molecule has 0 bridgehead atoms. The van der Waals surface area contributed by atoms with Gasteiger partial charge in [0.15, 0.2) is 0 Å². The number of carbonyl (C=O) groups excluding carboxylic acids is 1. The van der Waals surface area contributed by atoms with Crippen LogP contribution in [0.4, 0.5) is 5.69 Å². The quantitative estimate of drug-likeness (QED) is 0.576. The van der Waals surface area contributed by atoms with E-state index in [0.29, 0.717) is 42.5 Å². The zero-order valence-corrected chi connectivity index (χ0v) is 18.2. The van der Waals surface area contributed by atoms with Gasteiger partial charge in [0, 0.05) is 18.7 Å². The first-order valence-electron chi connectivity index (χ1n) is 9.74. The number of thiophene rings is 1. The van der Waals surface area contributed by atoms with Gasteiger partial charge in [-0.25, -0.2) is 8.42 Å². The van der Waals surface area contributed by atoms with Crippen molar-refractivity contribution >= 4 is 33.0 Å². The van der Waals surface area contributed by atoms with Crippen LogP contribution in [-0.4, -0.2) is 48.2 Å². The number of benzene rings is 1. The fourth-order valence-electron chi connectivity index (χ4n) is 3.37. The number of carbonyl (C=O) groups is 1. The maximum Gasteiger partial charge on any atom is 0.254 e. The van der Waals surface area contributed by atoms with E-state index in [4.69, 9.17) is 4.52 Å². The minimum atomic E-state index is -3.34. The topological polar surface area (TPSA) is 96.6 Å². The Kier molecular flexibility index (Phi) is 5.87. The highest BCUT2D eigenvalue weighted by molar-refractivity contribution is 7.92. The molecule has 1 fully saturated rings. The molecule has 158 valence electrons. The molecular weight excluding hydrogens is 424 g/mol. The highest BCUT2D eigenvalue weighted by Crippen LogP contribution is 2.25. The van der Waals surface area contributed by atoms with Gasteiger partial charge >= 0.3 is 0 Å². The van der Waals surface area contributed by atoms with Gasteiger partial charge in [0.05, 0.1) is 16.3 Å². The van der Waals surface area contributed by atoms with E-state index in [2.05, 4.69) is 10.1 Å². The van der Waals surface area contributed by atoms with Crippen LogP contribution in [0.1, 0.15) is 36.0 Å². The largest absolute Gasteiger partial charge is 0.337 e. The predicted molar refractivity (Wildman–Crippen MR) is 115 cm³/mol. The van der Waals surface area contributed by atoms with Crippen LogP contribution in [-0.2, 0) is 16.6 Å². The molecule has 3 aromatic rings. The van der Waals surface area contributed by atoms with Crippen molar-refractivity contribution in [1.82, 2.24) is 15.0 Å². The van der Waals surface area contributed by atoms with Crippen molar-refractivity contribution in [3.05, 3.63) is 53.2 Å². The number of rotatable bonds is 6. The second-order valence-corrected chi connectivity index (χ2v) is 9.91. The minimum Gasteiger partial charge on any atom is -0.337 e. The fourth-order valence-corrected chi connectivity index (χ4v) is 5.65. The van der Waals surface area contributed by atoms with E-state index in [1.807, 2.05) is 24.4 Å². The molecular formula is C20H22N4O4S2. The molecule has 8 nitrogen and oxygen atoms in total. The lowest BCUT2D eigenvalue weighted by Crippen LogP contribution is -2.38. The smallest absolute Gasteiger partial charge is 0.254 e. The van der Waals surface area contributed by atoms with Crippen molar-refractivity contribution in [3.63, 3.8) is 0 Å². The third-order valence-corrected chi connectivity index (χ3v) is 7.67. The molecule has 0 atom stereocenters. The molecule has 0 aliphatic carbocycles. The van der Waals surface area contributed by atoms with Crippen molar-refractivity contribution < 1.29 is 17.7 Å². The third kappa shape index (κ3) is 4.24. The molecule has 30 heavy (non-hydrogen) atoms. The van der Waals surface area contributed by atoms with Crippen LogP contribution in [0, 0.1) is 0 Å². The Bertz CT molecular complexity index is 1130. The SMILES string of the molecule is CCN(Cc1nc(-c2cccs2)no1)C(=O)c1cccc(N2CCCCS2(=O)=O)c1. The molecule has 0 radical (unpaired) electrons. The number of hydrogen-bond acceptors (Lipinski definition) is 7. The highest BCUT2D eigenvalue weighted by Gasteiger charge is 2.27. The Morgan fingerprint density at radius 1 is 1.27 bits per heavy atom. The Morgan fingerprint density at radius 2 is 2.13 bits per heavy atom. The number of aromatic nitrogens is 2. The predicted octanol–water partition coefficient (Wildman–Crippen LogP) is 3.39. The van der Waals surface area contributed by atoms with E-state index in [-0.39, 0.29) is 18.2 Å². The van der Waals surface area contributed by atoms with Gasteiger partial charge in [0.25, 0.3) is 5.91 Å². The summed E-state index contributed by atoms with van der Waals surface area (Å²) in [7, 11) is -3.34. The van der Waals surface area contributed by atoms with E-state index >= 15 is 0 Å². The van der Waals surface area contributed by atoms with Crippen molar-refractivity contribution in [3.8, 4) is 10.7 Å². The molecule has 10 heteroatoms. The normalized spacial score (nSPS) is 15.8. The summed E-state index contributed by atoms with van der Waals surface area (Å²) in [5.41, 5.74) is 0.947. The summed E-state index contributed by atoms with van der Waals surface area (Å²) >= 11 is 1.51. The Labute approximate surface area is 179 Å². The Balaban J connectivity index is 1.53. The molecule has 0 saturated carbocycles. The number of nitrogens with zero attached hydrogens (tertiary/aromatic N) is 4. The third-order valence-electron chi connectivity index (χ3n) is 4.94. The van der Waals surface area contributed by atoms with Crippen LogP contribution >= 0.6 is 11.3 Å². The van der Waals surface area contributed by atoms with E-state index < -0.39 is 10.0 Å². The van der Waals surface area contributed by atoms with Crippen LogP contribution < -0.4 is 4.31 Å². The Hall–Kier alpha value is -2.72. The second-order valence-electron chi connectivity index (χ2n) is 6.95. The number of hydrogen-bond donors (Lipinski definition) is 0. The van der Waals surface area contributed by atoms with Gasteiger partial charge in [0.1, 0.15) is 6.54 Å². The standard InChI is InChI=1S/C20H22N4O4S2/c1-2-23(14-18-21-19(22-28-18)17-9-6-11-29-17)20(25)15-7-5-8-16(13-15)24-10-3-4-12-30(24,26)27/h5-9,11,13H,2-4,10,12,14H2,1H3. The molecule has 1 aliphatic heterocycles.